The number of aromatic nitrogens is 2. The van der Waals surface area contributed by atoms with E-state index in [9.17, 15) is 0 Å². The molecular weight excluding hydrogens is 198 g/mol. The third kappa shape index (κ3) is 2.01. The molecule has 0 amide bonds. The predicted octanol–water partition coefficient (Wildman–Crippen LogP) is 2.80. The molecule has 0 atom stereocenters. The molecule has 0 aliphatic carbocycles. The summed E-state index contributed by atoms with van der Waals surface area (Å²) in [5.74, 6) is 0. The molecule has 3 heteroatoms. The summed E-state index contributed by atoms with van der Waals surface area (Å²) in [4.78, 5) is 0. The first kappa shape index (κ1) is 10.2. The summed E-state index contributed by atoms with van der Waals surface area (Å²) in [6.07, 6.45) is 5.20. The smallest absolute Gasteiger partial charge is 0.0915 e. The fourth-order valence-electron chi connectivity index (χ4n) is 1.43. The summed E-state index contributed by atoms with van der Waals surface area (Å²) in [5, 5.41) is 12.8. The van der Waals surface area contributed by atoms with E-state index >= 15 is 0 Å². The van der Waals surface area contributed by atoms with E-state index in [1.54, 1.807) is 10.9 Å². The first-order valence-corrected chi connectivity index (χ1v) is 4.98. The highest BCUT2D eigenvalue weighted by Gasteiger charge is 2.01. The molecule has 0 N–H and O–H groups in total. The van der Waals surface area contributed by atoms with Crippen molar-refractivity contribution in [1.82, 2.24) is 9.78 Å². The second-order valence-corrected chi connectivity index (χ2v) is 3.47. The van der Waals surface area contributed by atoms with Crippen LogP contribution in [-0.4, -0.2) is 9.78 Å². The lowest BCUT2D eigenvalue weighted by Gasteiger charge is -1.98. The van der Waals surface area contributed by atoms with Crippen molar-refractivity contribution in [2.45, 2.75) is 6.92 Å². The predicted molar refractivity (Wildman–Crippen MR) is 62.8 cm³/mol. The van der Waals surface area contributed by atoms with E-state index in [1.807, 2.05) is 49.5 Å². The van der Waals surface area contributed by atoms with Gasteiger partial charge in [-0.3, -0.25) is 0 Å². The highest BCUT2D eigenvalue weighted by atomic mass is 15.3. The topological polar surface area (TPSA) is 41.6 Å². The molecule has 3 nitrogen and oxygen atoms in total. The van der Waals surface area contributed by atoms with Gasteiger partial charge in [-0.25, -0.2) is 4.68 Å². The number of hydrogen-bond donors (Lipinski definition) is 0. The van der Waals surface area contributed by atoms with Crippen molar-refractivity contribution in [3.63, 3.8) is 0 Å². The van der Waals surface area contributed by atoms with Gasteiger partial charge in [-0.15, -0.1) is 0 Å². The highest BCUT2D eigenvalue weighted by molar-refractivity contribution is 5.64. The Morgan fingerprint density at radius 2 is 2.12 bits per heavy atom. The largest absolute Gasteiger partial charge is 0.240 e. The molecule has 16 heavy (non-hydrogen) atoms. The molecule has 0 radical (unpaired) electrons. The molecular formula is C13H11N3. The van der Waals surface area contributed by atoms with E-state index in [2.05, 4.69) is 5.10 Å². The minimum Gasteiger partial charge on any atom is -0.240 e. The Bertz CT molecular complexity index is 544. The number of para-hydroxylation sites is 1. The lowest BCUT2D eigenvalue weighted by atomic mass is 10.2. The second kappa shape index (κ2) is 4.45. The molecule has 0 bridgehead atoms. The Morgan fingerprint density at radius 1 is 1.38 bits per heavy atom. The van der Waals surface area contributed by atoms with Gasteiger partial charge in [0.25, 0.3) is 0 Å². The van der Waals surface area contributed by atoms with Crippen LogP contribution in [0.25, 0.3) is 11.3 Å². The zero-order chi connectivity index (χ0) is 11.4. The third-order valence-electron chi connectivity index (χ3n) is 2.34. The molecule has 0 saturated heterocycles. The third-order valence-corrected chi connectivity index (χ3v) is 2.34. The van der Waals surface area contributed by atoms with Gasteiger partial charge in [-0.1, -0.05) is 18.2 Å². The molecule has 0 aliphatic rings. The van der Waals surface area contributed by atoms with Crippen molar-refractivity contribution in [2.75, 3.05) is 0 Å². The average molecular weight is 209 g/mol. The van der Waals surface area contributed by atoms with Gasteiger partial charge in [0.05, 0.1) is 18.0 Å². The zero-order valence-corrected chi connectivity index (χ0v) is 8.96. The van der Waals surface area contributed by atoms with E-state index in [-0.39, 0.29) is 0 Å². The maximum absolute atomic E-state index is 8.57. The van der Waals surface area contributed by atoms with Crippen LogP contribution in [0.1, 0.15) is 12.5 Å². The van der Waals surface area contributed by atoms with Gasteiger partial charge in [-0.05, 0) is 24.6 Å². The first-order valence-electron chi connectivity index (χ1n) is 4.98. The fourth-order valence-corrected chi connectivity index (χ4v) is 1.43. The molecule has 2 rings (SSSR count). The van der Waals surface area contributed by atoms with Gasteiger partial charge in [-0.2, -0.15) is 10.4 Å². The van der Waals surface area contributed by atoms with Crippen LogP contribution in [-0.2, 0) is 0 Å². The van der Waals surface area contributed by atoms with Gasteiger partial charge >= 0.3 is 0 Å². The van der Waals surface area contributed by atoms with Crippen LogP contribution < -0.4 is 0 Å². The number of allylic oxidation sites excluding steroid dienone is 2. The number of nitrogens with zero attached hydrogens (tertiary/aromatic N) is 3. The van der Waals surface area contributed by atoms with Crippen molar-refractivity contribution >= 4 is 5.57 Å². The molecule has 0 fully saturated rings. The molecule has 1 aromatic heterocycles. The van der Waals surface area contributed by atoms with Crippen LogP contribution in [0, 0.1) is 11.3 Å². The van der Waals surface area contributed by atoms with Gasteiger partial charge in [0.15, 0.2) is 0 Å². The Kier molecular flexibility index (Phi) is 2.84. The van der Waals surface area contributed by atoms with Crippen molar-refractivity contribution in [3.05, 3.63) is 54.4 Å². The lowest BCUT2D eigenvalue weighted by molar-refractivity contribution is 0.880. The van der Waals surface area contributed by atoms with Crippen LogP contribution in [0.4, 0.5) is 0 Å². The van der Waals surface area contributed by atoms with Crippen LogP contribution in [0.3, 0.4) is 0 Å². The molecule has 2 aromatic rings. The van der Waals surface area contributed by atoms with Crippen LogP contribution >= 0.6 is 0 Å². The van der Waals surface area contributed by atoms with Crippen LogP contribution in [0.15, 0.2) is 48.8 Å². The van der Waals surface area contributed by atoms with Crippen molar-refractivity contribution in [1.29, 1.82) is 5.26 Å². The summed E-state index contributed by atoms with van der Waals surface area (Å²) in [7, 11) is 0. The minimum atomic E-state index is 0.921. The zero-order valence-electron chi connectivity index (χ0n) is 8.96. The summed E-state index contributed by atoms with van der Waals surface area (Å²) < 4.78 is 1.80. The Hall–Kier alpha value is -2.34. The molecule has 1 aromatic carbocycles. The maximum atomic E-state index is 8.57. The standard InChI is InChI=1S/C13H11N3/c1-11(7-8-14)12-9-15-16(10-12)13-5-3-2-4-6-13/h2-7,9-10H,1H3/b11-7-. The summed E-state index contributed by atoms with van der Waals surface area (Å²) in [5.41, 5.74) is 2.90. The van der Waals surface area contributed by atoms with Crippen LogP contribution in [0.5, 0.6) is 0 Å². The van der Waals surface area contributed by atoms with Crippen molar-refractivity contribution in [2.24, 2.45) is 0 Å². The molecule has 0 spiro atoms. The number of nitriles is 1. The summed E-state index contributed by atoms with van der Waals surface area (Å²) in [6, 6.07) is 11.9. The van der Waals surface area contributed by atoms with E-state index in [4.69, 9.17) is 5.26 Å². The molecule has 1 heterocycles. The molecule has 78 valence electrons. The quantitative estimate of drug-likeness (QED) is 0.713. The van der Waals surface area contributed by atoms with Crippen molar-refractivity contribution < 1.29 is 0 Å². The monoisotopic (exact) mass is 209 g/mol. The Balaban J connectivity index is 2.35. The Labute approximate surface area is 94.3 Å². The first-order chi connectivity index (χ1) is 7.81. The summed E-state index contributed by atoms with van der Waals surface area (Å²) >= 11 is 0. The second-order valence-electron chi connectivity index (χ2n) is 3.47. The lowest BCUT2D eigenvalue weighted by Crippen LogP contribution is -1.92. The minimum absolute atomic E-state index is 0.921. The fraction of sp³-hybridized carbons (Fsp3) is 0.0769. The summed E-state index contributed by atoms with van der Waals surface area (Å²) in [6.45, 7) is 1.90. The number of benzene rings is 1. The van der Waals surface area contributed by atoms with Gasteiger partial charge in [0, 0.05) is 17.8 Å². The van der Waals surface area contributed by atoms with E-state index in [0.717, 1.165) is 16.8 Å². The Morgan fingerprint density at radius 3 is 2.81 bits per heavy atom. The maximum Gasteiger partial charge on any atom is 0.0915 e. The molecule has 0 aliphatic heterocycles. The number of hydrogen-bond acceptors (Lipinski definition) is 2. The van der Waals surface area contributed by atoms with E-state index < -0.39 is 0 Å². The normalized spacial score (nSPS) is 11.1. The molecule has 0 unspecified atom stereocenters. The van der Waals surface area contributed by atoms with Gasteiger partial charge in [0.2, 0.25) is 0 Å². The molecule has 0 saturated carbocycles. The SMILES string of the molecule is C/C(=C/C#N)c1cnn(-c2ccccc2)c1. The van der Waals surface area contributed by atoms with Crippen LogP contribution in [0.2, 0.25) is 0 Å². The number of rotatable bonds is 2. The highest BCUT2D eigenvalue weighted by Crippen LogP contribution is 2.14. The van der Waals surface area contributed by atoms with E-state index in [1.165, 1.54) is 6.08 Å². The van der Waals surface area contributed by atoms with Gasteiger partial charge < -0.3 is 0 Å². The van der Waals surface area contributed by atoms with E-state index in [0.29, 0.717) is 0 Å². The van der Waals surface area contributed by atoms with Gasteiger partial charge in [0.1, 0.15) is 0 Å². The van der Waals surface area contributed by atoms with Crippen molar-refractivity contribution in [3.8, 4) is 11.8 Å². The average Bonchev–Trinajstić information content (AvgIpc) is 2.80.